The molecule has 0 radical (unpaired) electrons. The fourth-order valence-electron chi connectivity index (χ4n) is 2.49. The minimum atomic E-state index is -2.98. The van der Waals surface area contributed by atoms with Gasteiger partial charge in [-0.15, -0.1) is 33.2 Å². The fourth-order valence-corrected chi connectivity index (χ4v) is 59.7. The van der Waals surface area contributed by atoms with Crippen molar-refractivity contribution in [3.05, 3.63) is 0 Å². The maximum atomic E-state index is 7.05. The summed E-state index contributed by atoms with van der Waals surface area (Å²) in [4.78, 5) is 0. The van der Waals surface area contributed by atoms with E-state index in [1.807, 2.05) is 0 Å². The van der Waals surface area contributed by atoms with Gasteiger partial charge in [-0.2, -0.15) is 22.2 Å². The lowest BCUT2D eigenvalue weighted by Crippen LogP contribution is -2.70. The van der Waals surface area contributed by atoms with Gasteiger partial charge in [0.2, 0.25) is 6.42 Å². The third kappa shape index (κ3) is 3.23. The van der Waals surface area contributed by atoms with Crippen molar-refractivity contribution in [2.24, 2.45) is 0 Å². The molecule has 0 aromatic rings. The van der Waals surface area contributed by atoms with E-state index in [1.54, 1.807) is 0 Å². The molecule has 0 nitrogen and oxygen atoms in total. The van der Waals surface area contributed by atoms with Gasteiger partial charge in [0.1, 0.15) is 0 Å². The summed E-state index contributed by atoms with van der Waals surface area (Å²) in [5.41, 5.74) is -2.16. The highest BCUT2D eigenvalue weighted by atomic mass is 35.9. The highest BCUT2D eigenvalue weighted by molar-refractivity contribution is 8.09. The van der Waals surface area contributed by atoms with Gasteiger partial charge in [-0.05, 0) is 16.6 Å². The van der Waals surface area contributed by atoms with Gasteiger partial charge in [-0.3, -0.25) is 0 Å². The Labute approximate surface area is 131 Å². The Bertz CT molecular complexity index is 256. The second kappa shape index (κ2) is 6.25. The van der Waals surface area contributed by atoms with E-state index in [1.165, 1.54) is 0 Å². The van der Waals surface area contributed by atoms with E-state index in [0.717, 1.165) is 0 Å². The zero-order chi connectivity index (χ0) is 14.2. The summed E-state index contributed by atoms with van der Waals surface area (Å²) in [7, 11) is 0. The Morgan fingerprint density at radius 3 is 0.941 bits per heavy atom. The first-order valence-electron chi connectivity index (χ1n) is 5.78. The molecule has 0 heterocycles. The van der Waals surface area contributed by atoms with E-state index in [0.29, 0.717) is 11.1 Å². The highest BCUT2D eigenvalue weighted by Gasteiger charge is 2.70. The molecule has 1 atom stereocenters. The summed E-state index contributed by atoms with van der Waals surface area (Å²) in [6, 6.07) is 0. The standard InChI is InChI=1S/C9H21Cl5Si3/c1-7(2)15(10,8(3)4)16(11,9(5)6)17(12,13)14/h7-9H,1-6H3. The van der Waals surface area contributed by atoms with Crippen molar-refractivity contribution in [3.8, 4) is 0 Å². The Morgan fingerprint density at radius 1 is 0.588 bits per heavy atom. The first-order chi connectivity index (χ1) is 7.33. The van der Waals surface area contributed by atoms with E-state index in [9.17, 15) is 0 Å². The molecule has 0 spiro atoms. The molecule has 0 amide bonds. The van der Waals surface area contributed by atoms with Crippen LogP contribution in [0, 0.1) is 0 Å². The van der Waals surface area contributed by atoms with Crippen molar-refractivity contribution in [3.63, 3.8) is 0 Å². The minimum Gasteiger partial charge on any atom is -0.169 e. The van der Waals surface area contributed by atoms with E-state index < -0.39 is 18.8 Å². The van der Waals surface area contributed by atoms with Crippen LogP contribution in [0.25, 0.3) is 0 Å². The topological polar surface area (TPSA) is 0 Å². The van der Waals surface area contributed by atoms with E-state index in [-0.39, 0.29) is 5.54 Å². The zero-order valence-electron chi connectivity index (χ0n) is 11.1. The minimum absolute atomic E-state index is 0.192. The summed E-state index contributed by atoms with van der Waals surface area (Å²) < 4.78 is 0. The van der Waals surface area contributed by atoms with Gasteiger partial charge in [0, 0.05) is 0 Å². The van der Waals surface area contributed by atoms with Gasteiger partial charge in [0.05, 0.1) is 0 Å². The molecule has 0 rings (SSSR count). The van der Waals surface area contributed by atoms with E-state index in [4.69, 9.17) is 55.4 Å². The normalized spacial score (nSPS) is 18.0. The van der Waals surface area contributed by atoms with Gasteiger partial charge in [0.15, 0.2) is 6.90 Å². The van der Waals surface area contributed by atoms with Crippen LogP contribution in [0.15, 0.2) is 0 Å². The van der Waals surface area contributed by atoms with Crippen LogP contribution in [0.4, 0.5) is 0 Å². The van der Waals surface area contributed by atoms with Crippen LogP contribution in [0.2, 0.25) is 16.6 Å². The Kier molecular flexibility index (Phi) is 7.02. The molecule has 0 aromatic heterocycles. The molecule has 0 aliphatic rings. The Balaban J connectivity index is 5.92. The Hall–Kier alpha value is 2.10. The lowest BCUT2D eigenvalue weighted by molar-refractivity contribution is 0.938. The predicted molar refractivity (Wildman–Crippen MR) is 91.8 cm³/mol. The molecular formula is C9H21Cl5Si3. The van der Waals surface area contributed by atoms with Gasteiger partial charge in [0.25, 0.3) is 0 Å². The molecule has 0 fully saturated rings. The number of halogens is 5. The van der Waals surface area contributed by atoms with Crippen LogP contribution in [0.5, 0.6) is 0 Å². The quantitative estimate of drug-likeness (QED) is 0.376. The van der Waals surface area contributed by atoms with E-state index >= 15 is 0 Å². The first kappa shape index (κ1) is 19.1. The number of rotatable bonds is 5. The molecule has 1 unspecified atom stereocenters. The lowest BCUT2D eigenvalue weighted by atomic mass is 10.5. The molecule has 0 bridgehead atoms. The zero-order valence-corrected chi connectivity index (χ0v) is 17.9. The van der Waals surface area contributed by atoms with Crippen LogP contribution in [0.3, 0.4) is 0 Å². The third-order valence-electron chi connectivity index (χ3n) is 3.45. The Morgan fingerprint density at radius 2 is 0.882 bits per heavy atom. The van der Waals surface area contributed by atoms with Crippen LogP contribution in [0.1, 0.15) is 41.5 Å². The van der Waals surface area contributed by atoms with Crippen LogP contribution in [-0.2, 0) is 0 Å². The van der Waals surface area contributed by atoms with Crippen LogP contribution in [-0.4, -0.2) is 18.8 Å². The summed E-state index contributed by atoms with van der Waals surface area (Å²) in [6.45, 7) is 10.3. The largest absolute Gasteiger partial charge is 0.340 e. The van der Waals surface area contributed by atoms with Crippen LogP contribution < -0.4 is 0 Å². The monoisotopic (exact) mass is 388 g/mol. The van der Waals surface area contributed by atoms with Gasteiger partial charge in [-0.1, -0.05) is 41.5 Å². The van der Waals surface area contributed by atoms with Crippen molar-refractivity contribution >= 4 is 74.2 Å². The number of hydrogen-bond acceptors (Lipinski definition) is 0. The van der Waals surface area contributed by atoms with Crippen molar-refractivity contribution in [1.82, 2.24) is 0 Å². The lowest BCUT2D eigenvalue weighted by Gasteiger charge is -2.48. The molecule has 0 saturated carbocycles. The fraction of sp³-hybridized carbons (Fsp3) is 1.00. The van der Waals surface area contributed by atoms with Gasteiger partial charge < -0.3 is 0 Å². The third-order valence-corrected chi connectivity index (χ3v) is 59.4. The molecule has 0 N–H and O–H groups in total. The van der Waals surface area contributed by atoms with Gasteiger partial charge >= 0.3 is 5.52 Å². The summed E-state index contributed by atoms with van der Waals surface area (Å²) in [5, 5.41) is 0. The summed E-state index contributed by atoms with van der Waals surface area (Å²) >= 11 is 33.1. The summed E-state index contributed by atoms with van der Waals surface area (Å²) in [5.74, 6) is 0. The van der Waals surface area contributed by atoms with Crippen LogP contribution >= 0.6 is 55.4 Å². The molecule has 8 heteroatoms. The maximum absolute atomic E-state index is 7.05. The smallest absolute Gasteiger partial charge is 0.169 e. The van der Waals surface area contributed by atoms with E-state index in [2.05, 4.69) is 41.5 Å². The molecule has 0 saturated heterocycles. The second-order valence-corrected chi connectivity index (χ2v) is 40.0. The molecule has 17 heavy (non-hydrogen) atoms. The molecule has 0 aliphatic heterocycles. The first-order valence-corrected chi connectivity index (χ1v) is 19.1. The molecular weight excluding hydrogens is 370 g/mol. The van der Waals surface area contributed by atoms with Gasteiger partial charge in [-0.25, -0.2) is 0 Å². The summed E-state index contributed by atoms with van der Waals surface area (Å²) in [6.07, 6.45) is -2.60. The number of hydrogen-bond donors (Lipinski definition) is 0. The molecule has 0 aliphatic carbocycles. The van der Waals surface area contributed by atoms with Crippen molar-refractivity contribution in [2.45, 2.75) is 58.2 Å². The predicted octanol–water partition coefficient (Wildman–Crippen LogP) is 6.40. The van der Waals surface area contributed by atoms with Crippen molar-refractivity contribution < 1.29 is 0 Å². The average molecular weight is 391 g/mol. The average Bonchev–Trinajstić information content (AvgIpc) is 2.12. The van der Waals surface area contributed by atoms with Crippen molar-refractivity contribution in [1.29, 1.82) is 0 Å². The SMILES string of the molecule is CC(C)[Si](Cl)(C(C)C)[Si](Cl)(C(C)C)[Si](Cl)(Cl)Cl. The van der Waals surface area contributed by atoms with Crippen molar-refractivity contribution in [2.75, 3.05) is 0 Å². The maximum Gasteiger partial charge on any atom is 0.340 e. The molecule has 0 aromatic carbocycles. The second-order valence-electron chi connectivity index (χ2n) is 5.44. The molecule has 104 valence electrons. The highest BCUT2D eigenvalue weighted by Crippen LogP contribution is 2.55.